The molecule has 7 unspecified atom stereocenters. The number of anilines is 1. The first-order valence-electron chi connectivity index (χ1n) is 15.1. The van der Waals surface area contributed by atoms with Crippen LogP contribution in [0.1, 0.15) is 32.9 Å². The smallest absolute Gasteiger partial charge is 0.274 e. The van der Waals surface area contributed by atoms with Gasteiger partial charge in [-0.15, -0.1) is 0 Å². The molecule has 0 saturated carbocycles. The maximum absolute atomic E-state index is 12.5. The Kier molecular flexibility index (Phi) is 16.0. The normalized spacial score (nSPS) is 22.2. The molecule has 2 amide bonds. The fourth-order valence-corrected chi connectivity index (χ4v) is 7.84. The number of nitrogens with one attached hydrogen (secondary N) is 2. The van der Waals surface area contributed by atoms with Crippen LogP contribution in [0, 0.1) is 5.41 Å². The van der Waals surface area contributed by atoms with Gasteiger partial charge in [0.25, 0.3) is 15.6 Å². The predicted molar refractivity (Wildman–Crippen MR) is 170 cm³/mol. The van der Waals surface area contributed by atoms with Crippen molar-refractivity contribution in [3.8, 4) is 0 Å². The molecule has 7 N–H and O–H groups in total. The monoisotopic (exact) mass is 835 g/mol. The number of thioether (sulfide) groups is 1. The van der Waals surface area contributed by atoms with Gasteiger partial charge in [0.1, 0.15) is 36.3 Å². The Labute approximate surface area is 304 Å². The fraction of sp³-hybridized carbons (Fsp3) is 0.667. The van der Waals surface area contributed by atoms with Crippen molar-refractivity contribution in [3.63, 3.8) is 0 Å². The third-order valence-electron chi connectivity index (χ3n) is 7.06. The van der Waals surface area contributed by atoms with Crippen LogP contribution in [0.5, 0.6) is 0 Å². The molecule has 2 aromatic heterocycles. The number of aromatic nitrogens is 4. The number of carbonyl (C=O) groups is 3. The molecule has 0 aliphatic carbocycles. The van der Waals surface area contributed by atoms with Crippen molar-refractivity contribution in [2.45, 2.75) is 57.3 Å². The lowest BCUT2D eigenvalue weighted by Crippen LogP contribution is -2.46. The lowest BCUT2D eigenvalue weighted by Gasteiger charge is -2.36. The number of amides is 2. The minimum Gasteiger partial charge on any atom is -0.790 e. The Morgan fingerprint density at radius 3 is 2.42 bits per heavy atom. The number of phosphoric ester groups is 3. The van der Waals surface area contributed by atoms with Gasteiger partial charge in [0.15, 0.2) is 22.8 Å². The van der Waals surface area contributed by atoms with E-state index in [1.165, 1.54) is 13.8 Å². The van der Waals surface area contributed by atoms with Gasteiger partial charge in [0.2, 0.25) is 11.8 Å². The van der Waals surface area contributed by atoms with Crippen molar-refractivity contribution in [1.29, 1.82) is 0 Å². The predicted octanol–water partition coefficient (Wildman–Crippen LogP) is -4.48. The van der Waals surface area contributed by atoms with E-state index in [1.54, 1.807) is 0 Å². The zero-order valence-corrected chi connectivity index (χ0v) is 31.3. The van der Waals surface area contributed by atoms with E-state index in [-0.39, 0.29) is 60.4 Å². The zero-order valence-electron chi connectivity index (χ0n) is 27.8. The molecule has 0 spiro atoms. The molecule has 1 aliphatic heterocycles. The number of nitrogens with two attached hydrogens (primary N) is 1. The molecule has 3 heterocycles. The summed E-state index contributed by atoms with van der Waals surface area (Å²) in [7, 11) is -17.6. The van der Waals surface area contributed by atoms with Gasteiger partial charge in [-0.25, -0.2) is 19.3 Å². The van der Waals surface area contributed by atoms with Crippen molar-refractivity contribution < 1.29 is 85.6 Å². The van der Waals surface area contributed by atoms with E-state index < -0.39 is 84.6 Å². The first kappa shape index (κ1) is 44.9. The highest BCUT2D eigenvalue weighted by Gasteiger charge is 2.47. The molecule has 1 saturated heterocycles. The van der Waals surface area contributed by atoms with E-state index in [9.17, 15) is 57.9 Å². The van der Waals surface area contributed by atoms with Crippen LogP contribution in [0.3, 0.4) is 0 Å². The number of imidazole rings is 1. The van der Waals surface area contributed by atoms with Crippen LogP contribution < -0.4 is 35.9 Å². The first-order valence-corrected chi connectivity index (χ1v) is 20.5. The van der Waals surface area contributed by atoms with Gasteiger partial charge in [0.05, 0.1) is 34.0 Å². The molecule has 53 heavy (non-hydrogen) atoms. The molecule has 25 nitrogen and oxygen atoms in total. The quantitative estimate of drug-likeness (QED) is 0.0510. The standard InChI is InChI=1S/C24H40N7O18P3S/c1-24(2,19(36)22(37)27-5-3-14(33)26-6-8-53-15(34)4-7-32)10-46-52(43,44)49-51(41,42)45-9-13-18(48-50(38,39)40)17(35)23(47-13)31-12-30-16-20(25)28-11-29-21(16)31/h11-13,17-19,23,32,35-36H,3-10H2,1-2H3,(H,26,33)(H,27,37)(H,41,42)(H,43,44)(H2,25,28,29)(H2,38,39,40)/p-4. The Hall–Kier alpha value is -2.48. The molecular weight excluding hydrogens is 799 g/mol. The molecular formula is C24H36N7O18P3S-4. The van der Waals surface area contributed by atoms with Gasteiger partial charge in [0, 0.05) is 37.1 Å². The van der Waals surface area contributed by atoms with Crippen molar-refractivity contribution in [3.05, 3.63) is 12.7 Å². The van der Waals surface area contributed by atoms with Gasteiger partial charge < -0.3 is 74.1 Å². The van der Waals surface area contributed by atoms with Gasteiger partial charge in [-0.3, -0.25) is 28.1 Å². The fourth-order valence-electron chi connectivity index (χ4n) is 4.44. The second kappa shape index (κ2) is 18.9. The van der Waals surface area contributed by atoms with E-state index >= 15 is 0 Å². The summed E-state index contributed by atoms with van der Waals surface area (Å²) in [5, 5.41) is 34.4. The largest absolute Gasteiger partial charge is 0.790 e. The molecule has 1 aliphatic rings. The van der Waals surface area contributed by atoms with Gasteiger partial charge in [-0.1, -0.05) is 25.6 Å². The summed E-state index contributed by atoms with van der Waals surface area (Å²) in [6.07, 6.45) is -7.67. The van der Waals surface area contributed by atoms with Crippen molar-refractivity contribution >= 4 is 69.1 Å². The van der Waals surface area contributed by atoms with Crippen molar-refractivity contribution in [2.24, 2.45) is 5.41 Å². The number of hydrogen-bond acceptors (Lipinski definition) is 23. The van der Waals surface area contributed by atoms with Gasteiger partial charge >= 0.3 is 0 Å². The number of hydrogen-bond donors (Lipinski definition) is 6. The third kappa shape index (κ3) is 13.6. The Bertz CT molecular complexity index is 1750. The molecule has 0 radical (unpaired) electrons. The number of carbonyl (C=O) groups excluding carboxylic acids is 3. The zero-order chi connectivity index (χ0) is 39.8. The second-order valence-corrected chi connectivity index (χ2v) is 16.9. The number of fused-ring (bicyclic) bond motifs is 1. The van der Waals surface area contributed by atoms with E-state index in [1.807, 2.05) is 0 Å². The number of ether oxygens (including phenoxy) is 1. The van der Waals surface area contributed by atoms with Gasteiger partial charge in [-0.2, -0.15) is 0 Å². The minimum atomic E-state index is -5.91. The topological polar surface area (TPSA) is 395 Å². The Morgan fingerprint density at radius 1 is 1.08 bits per heavy atom. The Morgan fingerprint density at radius 2 is 1.75 bits per heavy atom. The van der Waals surface area contributed by atoms with Crippen molar-refractivity contribution in [2.75, 3.05) is 44.4 Å². The average Bonchev–Trinajstić information content (AvgIpc) is 3.61. The highest BCUT2D eigenvalue weighted by Crippen LogP contribution is 2.56. The summed E-state index contributed by atoms with van der Waals surface area (Å²) >= 11 is 0.923. The van der Waals surface area contributed by atoms with E-state index in [2.05, 4.69) is 43.5 Å². The number of aliphatic hydroxyl groups excluding tert-OH is 3. The highest BCUT2D eigenvalue weighted by molar-refractivity contribution is 8.13. The molecule has 2 aromatic rings. The van der Waals surface area contributed by atoms with Crippen LogP contribution in [-0.4, -0.2) is 115 Å². The molecule has 29 heteroatoms. The van der Waals surface area contributed by atoms with Crippen LogP contribution >= 0.6 is 35.2 Å². The van der Waals surface area contributed by atoms with Crippen LogP contribution in [0.25, 0.3) is 11.2 Å². The minimum absolute atomic E-state index is 0.0228. The van der Waals surface area contributed by atoms with E-state index in [4.69, 9.17) is 15.6 Å². The summed E-state index contributed by atoms with van der Waals surface area (Å²) < 4.78 is 60.3. The van der Waals surface area contributed by atoms with E-state index in [0.29, 0.717) is 0 Å². The maximum Gasteiger partial charge on any atom is 0.274 e. The van der Waals surface area contributed by atoms with Crippen LogP contribution in [0.4, 0.5) is 5.82 Å². The molecule has 300 valence electrons. The summed E-state index contributed by atoms with van der Waals surface area (Å²) in [6.45, 7) is -0.320. The molecule has 0 bridgehead atoms. The number of nitrogens with zero attached hydrogens (tertiary/aromatic N) is 4. The average molecular weight is 836 g/mol. The Balaban J connectivity index is 1.52. The molecule has 0 aromatic carbocycles. The number of aliphatic hydroxyl groups is 3. The van der Waals surface area contributed by atoms with Crippen molar-refractivity contribution in [1.82, 2.24) is 30.2 Å². The van der Waals surface area contributed by atoms with Crippen LogP contribution in [0.2, 0.25) is 0 Å². The first-order chi connectivity index (χ1) is 24.6. The summed E-state index contributed by atoms with van der Waals surface area (Å²) in [6, 6.07) is 0. The number of rotatable bonds is 21. The lowest BCUT2D eigenvalue weighted by molar-refractivity contribution is -0.347. The SMILES string of the molecule is CC(C)(COP(=O)([O-])OP(=O)([O-])OCC1OC(n2cnc3c(N)ncnc32)C(O)C1OP(=O)([O-])[O-])C(O)C(=O)NCCC(=O)NCCSC(=O)CCO. The molecule has 1 fully saturated rings. The van der Waals surface area contributed by atoms with Crippen LogP contribution in [-0.2, 0) is 50.7 Å². The lowest BCUT2D eigenvalue weighted by atomic mass is 9.87. The maximum atomic E-state index is 12.5. The van der Waals surface area contributed by atoms with Crippen LogP contribution in [0.15, 0.2) is 12.7 Å². The third-order valence-corrected chi connectivity index (χ3v) is 11.0. The molecule has 7 atom stereocenters. The summed E-state index contributed by atoms with van der Waals surface area (Å²) in [5.74, 6) is -1.35. The van der Waals surface area contributed by atoms with Gasteiger partial charge in [-0.05, 0) is 0 Å². The molecule has 3 rings (SSSR count). The van der Waals surface area contributed by atoms with E-state index in [0.717, 1.165) is 29.0 Å². The summed E-state index contributed by atoms with van der Waals surface area (Å²) in [4.78, 5) is 94.9. The summed E-state index contributed by atoms with van der Waals surface area (Å²) in [5.41, 5.74) is 4.04. The number of nitrogen functional groups attached to an aromatic ring is 1. The number of phosphoric acid groups is 3. The highest BCUT2D eigenvalue weighted by atomic mass is 32.2. The second-order valence-electron chi connectivity index (χ2n) is 11.7.